The zero-order chi connectivity index (χ0) is 23.4. The van der Waals surface area contributed by atoms with Gasteiger partial charge in [0.05, 0.1) is 28.4 Å². The molecule has 1 N–H and O–H groups in total. The summed E-state index contributed by atoms with van der Waals surface area (Å²) >= 11 is 0. The number of aromatic nitrogens is 2. The average molecular weight is 480 g/mol. The van der Waals surface area contributed by atoms with E-state index in [1.54, 1.807) is 6.92 Å². The third-order valence-corrected chi connectivity index (χ3v) is 8.01. The summed E-state index contributed by atoms with van der Waals surface area (Å²) in [5.74, 6) is -0.430. The van der Waals surface area contributed by atoms with Crippen molar-refractivity contribution >= 4 is 31.6 Å². The lowest BCUT2D eigenvalue weighted by molar-refractivity contribution is -0.115. The molecular weight excluding hydrogens is 458 g/mol. The zero-order valence-corrected chi connectivity index (χ0v) is 18.9. The number of hydrogen-bond acceptors (Lipinski definition) is 9. The Morgan fingerprint density at radius 2 is 1.53 bits per heavy atom. The summed E-state index contributed by atoms with van der Waals surface area (Å²) < 4.78 is 58.9. The minimum absolute atomic E-state index is 0.0166. The molecule has 0 saturated carbocycles. The SMILES string of the molecule is CCS(=O)(=O)c1ccc(-c2nnc(NC(=O)CCS(=O)(=O)c3ccc(OC)cc3)o2)cc1. The fourth-order valence-corrected chi connectivity index (χ4v) is 4.80. The number of carbonyl (C=O) groups is 1. The van der Waals surface area contributed by atoms with Gasteiger partial charge in [0.2, 0.25) is 11.8 Å². The Balaban J connectivity index is 1.61. The number of hydrogen-bond donors (Lipinski definition) is 1. The van der Waals surface area contributed by atoms with Crippen LogP contribution in [0.25, 0.3) is 11.5 Å². The highest BCUT2D eigenvalue weighted by molar-refractivity contribution is 7.91. The van der Waals surface area contributed by atoms with Crippen LogP contribution in [-0.4, -0.2) is 51.6 Å². The molecule has 1 amide bonds. The molecule has 32 heavy (non-hydrogen) atoms. The highest BCUT2D eigenvalue weighted by Gasteiger charge is 2.18. The van der Waals surface area contributed by atoms with Crippen molar-refractivity contribution in [3.8, 4) is 17.2 Å². The van der Waals surface area contributed by atoms with E-state index in [0.29, 0.717) is 11.3 Å². The van der Waals surface area contributed by atoms with Gasteiger partial charge < -0.3 is 9.15 Å². The highest BCUT2D eigenvalue weighted by atomic mass is 32.2. The fraction of sp³-hybridized carbons (Fsp3) is 0.250. The Kier molecular flexibility index (Phi) is 6.94. The Hall–Kier alpha value is -3.25. The number of anilines is 1. The van der Waals surface area contributed by atoms with Gasteiger partial charge in [-0.05, 0) is 48.5 Å². The maximum atomic E-state index is 12.4. The first-order chi connectivity index (χ1) is 15.1. The summed E-state index contributed by atoms with van der Waals surface area (Å²) in [5.41, 5.74) is 0.468. The van der Waals surface area contributed by atoms with Crippen LogP contribution >= 0.6 is 0 Å². The number of nitrogens with one attached hydrogen (secondary N) is 1. The fourth-order valence-electron chi connectivity index (χ4n) is 2.67. The van der Waals surface area contributed by atoms with E-state index in [-0.39, 0.29) is 33.9 Å². The summed E-state index contributed by atoms with van der Waals surface area (Å²) in [6.07, 6.45) is -0.310. The first-order valence-electron chi connectivity index (χ1n) is 9.48. The molecule has 170 valence electrons. The number of carbonyl (C=O) groups excluding carboxylic acids is 1. The molecule has 3 rings (SSSR count). The van der Waals surface area contributed by atoms with Gasteiger partial charge in [0.1, 0.15) is 5.75 Å². The third kappa shape index (κ3) is 5.51. The van der Waals surface area contributed by atoms with Crippen LogP contribution in [-0.2, 0) is 24.5 Å². The Morgan fingerprint density at radius 3 is 2.12 bits per heavy atom. The molecule has 0 aliphatic rings. The molecule has 0 atom stereocenters. The van der Waals surface area contributed by atoms with Crippen molar-refractivity contribution in [1.82, 2.24) is 10.2 Å². The summed E-state index contributed by atoms with van der Waals surface area (Å²) in [6, 6.07) is 11.6. The molecule has 12 heteroatoms. The van der Waals surface area contributed by atoms with E-state index in [1.807, 2.05) is 0 Å². The van der Waals surface area contributed by atoms with Crippen LogP contribution in [0.2, 0.25) is 0 Å². The van der Waals surface area contributed by atoms with Crippen molar-refractivity contribution in [2.24, 2.45) is 0 Å². The second-order valence-corrected chi connectivity index (χ2v) is 11.0. The molecule has 1 heterocycles. The Morgan fingerprint density at radius 1 is 0.938 bits per heavy atom. The summed E-state index contributed by atoms with van der Waals surface area (Å²) in [7, 11) is -5.52. The normalized spacial score (nSPS) is 11.8. The zero-order valence-electron chi connectivity index (χ0n) is 17.3. The smallest absolute Gasteiger partial charge is 0.322 e. The van der Waals surface area contributed by atoms with Gasteiger partial charge in [0, 0.05) is 12.0 Å². The number of ether oxygens (including phenoxy) is 1. The molecule has 0 aliphatic carbocycles. The number of methoxy groups -OCH3 is 1. The van der Waals surface area contributed by atoms with Gasteiger partial charge >= 0.3 is 6.01 Å². The Labute approximate surface area is 185 Å². The molecule has 0 spiro atoms. The number of sulfone groups is 2. The molecule has 0 bridgehead atoms. The molecule has 2 aromatic carbocycles. The Bertz CT molecular complexity index is 1300. The summed E-state index contributed by atoms with van der Waals surface area (Å²) in [5, 5.41) is 9.88. The molecule has 0 aliphatic heterocycles. The van der Waals surface area contributed by atoms with Crippen LogP contribution in [0.1, 0.15) is 13.3 Å². The number of amides is 1. The van der Waals surface area contributed by atoms with Crippen LogP contribution < -0.4 is 10.1 Å². The quantitative estimate of drug-likeness (QED) is 0.488. The van der Waals surface area contributed by atoms with Gasteiger partial charge in [0.25, 0.3) is 0 Å². The van der Waals surface area contributed by atoms with Crippen molar-refractivity contribution in [1.29, 1.82) is 0 Å². The lowest BCUT2D eigenvalue weighted by Crippen LogP contribution is -2.17. The van der Waals surface area contributed by atoms with Crippen molar-refractivity contribution < 1.29 is 30.8 Å². The van der Waals surface area contributed by atoms with Crippen LogP contribution in [0.3, 0.4) is 0 Å². The topological polar surface area (TPSA) is 146 Å². The van der Waals surface area contributed by atoms with E-state index in [4.69, 9.17) is 9.15 Å². The lowest BCUT2D eigenvalue weighted by Gasteiger charge is -2.05. The van der Waals surface area contributed by atoms with Gasteiger partial charge in [-0.2, -0.15) is 0 Å². The van der Waals surface area contributed by atoms with E-state index in [9.17, 15) is 21.6 Å². The maximum Gasteiger partial charge on any atom is 0.322 e. The molecule has 0 radical (unpaired) electrons. The van der Waals surface area contributed by atoms with E-state index in [0.717, 1.165) is 0 Å². The monoisotopic (exact) mass is 479 g/mol. The van der Waals surface area contributed by atoms with E-state index in [1.165, 1.54) is 55.6 Å². The lowest BCUT2D eigenvalue weighted by atomic mass is 10.2. The summed E-state index contributed by atoms with van der Waals surface area (Å²) in [6.45, 7) is 1.55. The predicted molar refractivity (Wildman–Crippen MR) is 116 cm³/mol. The van der Waals surface area contributed by atoms with Crippen LogP contribution in [0.15, 0.2) is 62.7 Å². The molecular formula is C20H21N3O7S2. The molecule has 3 aromatic rings. The van der Waals surface area contributed by atoms with Gasteiger partial charge in [-0.15, -0.1) is 5.10 Å². The van der Waals surface area contributed by atoms with Crippen molar-refractivity contribution in [2.45, 2.75) is 23.1 Å². The first kappa shape index (κ1) is 23.4. The van der Waals surface area contributed by atoms with Crippen molar-refractivity contribution in [2.75, 3.05) is 23.9 Å². The first-order valence-corrected chi connectivity index (χ1v) is 12.8. The molecule has 0 unspecified atom stereocenters. The van der Waals surface area contributed by atoms with Gasteiger partial charge in [-0.1, -0.05) is 12.0 Å². The average Bonchev–Trinajstić information content (AvgIpc) is 3.26. The van der Waals surface area contributed by atoms with E-state index in [2.05, 4.69) is 15.5 Å². The summed E-state index contributed by atoms with van der Waals surface area (Å²) in [4.78, 5) is 12.4. The molecule has 0 saturated heterocycles. The minimum Gasteiger partial charge on any atom is -0.497 e. The number of rotatable bonds is 9. The van der Waals surface area contributed by atoms with Gasteiger partial charge in [0.15, 0.2) is 19.7 Å². The minimum atomic E-state index is -3.66. The molecule has 0 fully saturated rings. The third-order valence-electron chi connectivity index (χ3n) is 4.53. The second kappa shape index (κ2) is 9.49. The predicted octanol–water partition coefficient (Wildman–Crippen LogP) is 2.34. The molecule has 1 aromatic heterocycles. The largest absolute Gasteiger partial charge is 0.497 e. The molecule has 10 nitrogen and oxygen atoms in total. The van der Waals surface area contributed by atoms with Crippen molar-refractivity contribution in [3.63, 3.8) is 0 Å². The second-order valence-electron chi connectivity index (χ2n) is 6.63. The van der Waals surface area contributed by atoms with E-state index < -0.39 is 31.3 Å². The van der Waals surface area contributed by atoms with Crippen molar-refractivity contribution in [3.05, 3.63) is 48.5 Å². The maximum absolute atomic E-state index is 12.4. The van der Waals surface area contributed by atoms with Crippen LogP contribution in [0.5, 0.6) is 5.75 Å². The highest BCUT2D eigenvalue weighted by Crippen LogP contribution is 2.22. The van der Waals surface area contributed by atoms with E-state index >= 15 is 0 Å². The number of nitrogens with zero attached hydrogens (tertiary/aromatic N) is 2. The van der Waals surface area contributed by atoms with Gasteiger partial charge in [-0.3, -0.25) is 10.1 Å². The number of benzene rings is 2. The standard InChI is InChI=1S/C20H21N3O7S2/c1-3-31(25,26)16-8-4-14(5-9-16)19-22-23-20(30-19)21-18(24)12-13-32(27,28)17-10-6-15(29-2)7-11-17/h4-11H,3,12-13H2,1-2H3,(H,21,23,24). The van der Waals surface area contributed by atoms with Gasteiger partial charge in [-0.25, -0.2) is 16.8 Å². The van der Waals surface area contributed by atoms with Crippen LogP contribution in [0.4, 0.5) is 6.01 Å². The van der Waals surface area contributed by atoms with Crippen LogP contribution in [0, 0.1) is 0 Å².